The molecule has 1 aromatic heterocycles. The fourth-order valence-electron chi connectivity index (χ4n) is 3.42. The maximum Gasteiger partial charge on any atom is 0.164 e. The molecule has 1 saturated heterocycles. The number of hydrogen-bond donors (Lipinski definition) is 1. The summed E-state index contributed by atoms with van der Waals surface area (Å²) in [7, 11) is 0. The zero-order valence-corrected chi connectivity index (χ0v) is 11.3. The molecular formula is C13H22N4O. The first kappa shape index (κ1) is 12.1. The molecule has 2 heterocycles. The van der Waals surface area contributed by atoms with Crippen molar-refractivity contribution < 1.29 is 4.74 Å². The predicted octanol–water partition coefficient (Wildman–Crippen LogP) is 1.50. The van der Waals surface area contributed by atoms with Crippen LogP contribution in [0.15, 0.2) is 0 Å². The summed E-state index contributed by atoms with van der Waals surface area (Å²) in [5.74, 6) is 1.82. The lowest BCUT2D eigenvalue weighted by atomic mass is 9.66. The molecule has 100 valence electrons. The van der Waals surface area contributed by atoms with Gasteiger partial charge in [0.15, 0.2) is 5.82 Å². The summed E-state index contributed by atoms with van der Waals surface area (Å²) >= 11 is 0. The van der Waals surface area contributed by atoms with Gasteiger partial charge in [-0.1, -0.05) is 0 Å². The molecular weight excluding hydrogens is 228 g/mol. The van der Waals surface area contributed by atoms with Gasteiger partial charge in [0.1, 0.15) is 5.82 Å². The summed E-state index contributed by atoms with van der Waals surface area (Å²) in [4.78, 5) is 6.85. The van der Waals surface area contributed by atoms with E-state index >= 15 is 0 Å². The normalized spacial score (nSPS) is 32.0. The van der Waals surface area contributed by atoms with Gasteiger partial charge in [-0.05, 0) is 45.1 Å². The van der Waals surface area contributed by atoms with Crippen LogP contribution in [0.2, 0.25) is 0 Å². The second-order valence-electron chi connectivity index (χ2n) is 5.78. The van der Waals surface area contributed by atoms with Crippen LogP contribution in [0, 0.1) is 12.3 Å². The minimum absolute atomic E-state index is 0.515. The van der Waals surface area contributed by atoms with Gasteiger partial charge in [0, 0.05) is 13.2 Å². The van der Waals surface area contributed by atoms with Crippen molar-refractivity contribution in [2.45, 2.75) is 45.8 Å². The summed E-state index contributed by atoms with van der Waals surface area (Å²) in [5.41, 5.74) is 0.533. The van der Waals surface area contributed by atoms with Gasteiger partial charge in [-0.25, -0.2) is 4.98 Å². The maximum absolute atomic E-state index is 5.67. The molecule has 1 spiro atoms. The Morgan fingerprint density at radius 1 is 1.50 bits per heavy atom. The van der Waals surface area contributed by atoms with Crippen LogP contribution in [0.1, 0.15) is 37.8 Å². The molecule has 1 aromatic rings. The highest BCUT2D eigenvalue weighted by Gasteiger charge is 2.48. The fraction of sp³-hybridized carbons (Fsp3) is 0.846. The van der Waals surface area contributed by atoms with E-state index in [1.165, 1.54) is 32.4 Å². The number of rotatable bonds is 4. The number of H-pyrrole nitrogens is 1. The lowest BCUT2D eigenvalue weighted by Gasteiger charge is -2.44. The third kappa shape index (κ3) is 2.29. The second kappa shape index (κ2) is 4.63. The first-order chi connectivity index (χ1) is 8.69. The third-order valence-corrected chi connectivity index (χ3v) is 4.25. The van der Waals surface area contributed by atoms with Crippen LogP contribution in [0.3, 0.4) is 0 Å². The Kier molecular flexibility index (Phi) is 3.11. The topological polar surface area (TPSA) is 54.0 Å². The second-order valence-corrected chi connectivity index (χ2v) is 5.78. The Balaban J connectivity index is 1.50. The number of aromatic nitrogens is 3. The number of nitrogens with one attached hydrogen (secondary N) is 1. The molecule has 3 rings (SSSR count). The molecule has 0 atom stereocenters. The highest BCUT2D eigenvalue weighted by atomic mass is 16.5. The summed E-state index contributed by atoms with van der Waals surface area (Å²) < 4.78 is 5.67. The van der Waals surface area contributed by atoms with Crippen LogP contribution in [-0.4, -0.2) is 45.9 Å². The number of aryl methyl sites for hydroxylation is 1. The standard InChI is InChI=1S/C13H22N4O/c1-3-18-11-6-13(7-11)4-5-17(9-13)8-12-14-10(2)15-16-12/h11H,3-9H2,1-2H3,(H,14,15,16). The Labute approximate surface area is 108 Å². The van der Waals surface area contributed by atoms with Gasteiger partial charge in [0.05, 0.1) is 12.6 Å². The van der Waals surface area contributed by atoms with Gasteiger partial charge in [-0.15, -0.1) is 0 Å². The predicted molar refractivity (Wildman–Crippen MR) is 68.1 cm³/mol. The zero-order chi connectivity index (χ0) is 12.6. The van der Waals surface area contributed by atoms with Crippen molar-refractivity contribution in [1.82, 2.24) is 20.1 Å². The van der Waals surface area contributed by atoms with E-state index < -0.39 is 0 Å². The van der Waals surface area contributed by atoms with Gasteiger partial charge in [0.25, 0.3) is 0 Å². The number of nitrogens with zero attached hydrogens (tertiary/aromatic N) is 3. The van der Waals surface area contributed by atoms with Crippen molar-refractivity contribution in [2.75, 3.05) is 19.7 Å². The quantitative estimate of drug-likeness (QED) is 0.880. The number of aromatic amines is 1. The lowest BCUT2D eigenvalue weighted by Crippen LogP contribution is -2.44. The van der Waals surface area contributed by atoms with Gasteiger partial charge >= 0.3 is 0 Å². The average molecular weight is 250 g/mol. The Morgan fingerprint density at radius 3 is 3.00 bits per heavy atom. The average Bonchev–Trinajstić information content (AvgIpc) is 2.86. The van der Waals surface area contributed by atoms with Crippen LogP contribution in [0.5, 0.6) is 0 Å². The molecule has 5 nitrogen and oxygen atoms in total. The van der Waals surface area contributed by atoms with Crippen LogP contribution in [0.4, 0.5) is 0 Å². The van der Waals surface area contributed by atoms with E-state index in [1.54, 1.807) is 0 Å². The molecule has 1 aliphatic heterocycles. The largest absolute Gasteiger partial charge is 0.378 e. The van der Waals surface area contributed by atoms with Crippen molar-refractivity contribution in [3.8, 4) is 0 Å². The Hall–Kier alpha value is -0.940. The molecule has 5 heteroatoms. The van der Waals surface area contributed by atoms with Crippen LogP contribution >= 0.6 is 0 Å². The summed E-state index contributed by atoms with van der Waals surface area (Å²) in [6.45, 7) is 8.11. The Bertz CT molecular complexity index is 411. The molecule has 0 aromatic carbocycles. The first-order valence-corrected chi connectivity index (χ1v) is 6.91. The highest BCUT2D eigenvalue weighted by molar-refractivity contribution is 5.02. The van der Waals surface area contributed by atoms with E-state index in [9.17, 15) is 0 Å². The van der Waals surface area contributed by atoms with E-state index in [-0.39, 0.29) is 0 Å². The van der Waals surface area contributed by atoms with Crippen molar-refractivity contribution in [1.29, 1.82) is 0 Å². The van der Waals surface area contributed by atoms with E-state index in [0.717, 1.165) is 24.8 Å². The van der Waals surface area contributed by atoms with Gasteiger partial charge in [0.2, 0.25) is 0 Å². The van der Waals surface area contributed by atoms with E-state index in [4.69, 9.17) is 4.74 Å². The number of likely N-dealkylation sites (tertiary alicyclic amines) is 1. The van der Waals surface area contributed by atoms with Crippen molar-refractivity contribution in [3.05, 3.63) is 11.6 Å². The smallest absolute Gasteiger partial charge is 0.164 e. The fourth-order valence-corrected chi connectivity index (χ4v) is 3.42. The van der Waals surface area contributed by atoms with Crippen molar-refractivity contribution in [3.63, 3.8) is 0 Å². The van der Waals surface area contributed by atoms with Gasteiger partial charge in [-0.2, -0.15) is 5.10 Å². The SMILES string of the molecule is CCOC1CC2(CCN(Cc3n[nH]c(C)n3)C2)C1. The molecule has 0 bridgehead atoms. The van der Waals surface area contributed by atoms with Crippen LogP contribution in [-0.2, 0) is 11.3 Å². The summed E-state index contributed by atoms with van der Waals surface area (Å²) in [6.07, 6.45) is 4.30. The molecule has 2 aliphatic rings. The summed E-state index contributed by atoms with van der Waals surface area (Å²) in [5, 5.41) is 7.12. The molecule has 1 saturated carbocycles. The minimum Gasteiger partial charge on any atom is -0.378 e. The molecule has 18 heavy (non-hydrogen) atoms. The van der Waals surface area contributed by atoms with Gasteiger partial charge < -0.3 is 4.74 Å². The van der Waals surface area contributed by atoms with Crippen molar-refractivity contribution in [2.24, 2.45) is 5.41 Å². The lowest BCUT2D eigenvalue weighted by molar-refractivity contribution is -0.0719. The molecule has 0 amide bonds. The van der Waals surface area contributed by atoms with Gasteiger partial charge in [-0.3, -0.25) is 10.00 Å². The maximum atomic E-state index is 5.67. The third-order valence-electron chi connectivity index (χ3n) is 4.25. The van der Waals surface area contributed by atoms with Crippen LogP contribution in [0.25, 0.3) is 0 Å². The first-order valence-electron chi connectivity index (χ1n) is 6.91. The number of hydrogen-bond acceptors (Lipinski definition) is 4. The molecule has 0 unspecified atom stereocenters. The van der Waals surface area contributed by atoms with Crippen molar-refractivity contribution >= 4 is 0 Å². The summed E-state index contributed by atoms with van der Waals surface area (Å²) in [6, 6.07) is 0. The minimum atomic E-state index is 0.515. The van der Waals surface area contributed by atoms with E-state index in [0.29, 0.717) is 11.5 Å². The molecule has 1 aliphatic carbocycles. The zero-order valence-electron chi connectivity index (χ0n) is 11.3. The van der Waals surface area contributed by atoms with Crippen LogP contribution < -0.4 is 0 Å². The monoisotopic (exact) mass is 250 g/mol. The molecule has 2 fully saturated rings. The van der Waals surface area contributed by atoms with E-state index in [2.05, 4.69) is 27.0 Å². The number of ether oxygens (including phenoxy) is 1. The van der Waals surface area contributed by atoms with E-state index in [1.807, 2.05) is 6.92 Å². The molecule has 1 N–H and O–H groups in total. The Morgan fingerprint density at radius 2 is 2.33 bits per heavy atom. The molecule has 0 radical (unpaired) electrons. The highest BCUT2D eigenvalue weighted by Crippen LogP contribution is 2.49.